The maximum atomic E-state index is 13.7. The van der Waals surface area contributed by atoms with Gasteiger partial charge in [-0.25, -0.2) is 0 Å². The number of anilines is 1. The number of hydrogen-bond donors (Lipinski definition) is 1. The van der Waals surface area contributed by atoms with E-state index in [1.807, 2.05) is 75.4 Å². The molecule has 1 aliphatic heterocycles. The summed E-state index contributed by atoms with van der Waals surface area (Å²) in [6.45, 7) is 8.49. The van der Waals surface area contributed by atoms with Gasteiger partial charge >= 0.3 is 0 Å². The van der Waals surface area contributed by atoms with Crippen molar-refractivity contribution >= 4 is 34.2 Å². The molecule has 6 nitrogen and oxygen atoms in total. The average molecular weight is 458 g/mol. The van der Waals surface area contributed by atoms with Crippen LogP contribution >= 0.6 is 0 Å². The molecule has 6 heteroatoms. The molecule has 1 aliphatic rings. The average Bonchev–Trinajstić information content (AvgIpc) is 3.09. The zero-order chi connectivity index (χ0) is 24.4. The number of carbonyl (C=O) groups excluding carboxylic acids is 3. The molecule has 1 atom stereocenters. The van der Waals surface area contributed by atoms with Crippen molar-refractivity contribution in [3.8, 4) is 0 Å². The number of carbonyl (C=O) groups is 3. The van der Waals surface area contributed by atoms with Gasteiger partial charge in [0.2, 0.25) is 11.8 Å². The summed E-state index contributed by atoms with van der Waals surface area (Å²) in [4.78, 5) is 42.9. The van der Waals surface area contributed by atoms with Crippen LogP contribution in [0.5, 0.6) is 0 Å². The van der Waals surface area contributed by atoms with Crippen molar-refractivity contribution in [3.63, 3.8) is 0 Å². The highest BCUT2D eigenvalue weighted by molar-refractivity contribution is 6.26. The Labute approximate surface area is 200 Å². The second-order valence-corrected chi connectivity index (χ2v) is 9.34. The first kappa shape index (κ1) is 23.5. The van der Waals surface area contributed by atoms with Gasteiger partial charge in [0, 0.05) is 24.0 Å². The van der Waals surface area contributed by atoms with Crippen LogP contribution in [-0.2, 0) is 16.1 Å². The Morgan fingerprint density at radius 3 is 2.38 bits per heavy atom. The molecule has 3 aromatic rings. The van der Waals surface area contributed by atoms with Crippen LogP contribution in [0.1, 0.15) is 42.3 Å². The van der Waals surface area contributed by atoms with Gasteiger partial charge in [-0.05, 0) is 48.4 Å². The summed E-state index contributed by atoms with van der Waals surface area (Å²) < 4.78 is 0. The Bertz CT molecular complexity index is 1250. The first-order valence-corrected chi connectivity index (χ1v) is 11.7. The third kappa shape index (κ3) is 4.53. The van der Waals surface area contributed by atoms with Crippen molar-refractivity contribution in [2.75, 3.05) is 18.0 Å². The predicted molar refractivity (Wildman–Crippen MR) is 135 cm³/mol. The van der Waals surface area contributed by atoms with Crippen LogP contribution in [-0.4, -0.2) is 41.8 Å². The summed E-state index contributed by atoms with van der Waals surface area (Å²) in [7, 11) is 0. The van der Waals surface area contributed by atoms with Gasteiger partial charge in [-0.1, -0.05) is 62.4 Å². The quantitative estimate of drug-likeness (QED) is 0.548. The van der Waals surface area contributed by atoms with Gasteiger partial charge in [0.25, 0.3) is 5.91 Å². The zero-order valence-electron chi connectivity index (χ0n) is 20.2. The Hall–Kier alpha value is -3.67. The number of nitrogens with one attached hydrogen (secondary N) is 1. The van der Waals surface area contributed by atoms with E-state index in [1.165, 1.54) is 4.90 Å². The van der Waals surface area contributed by atoms with Crippen LogP contribution in [0.2, 0.25) is 0 Å². The molecule has 4 rings (SSSR count). The summed E-state index contributed by atoms with van der Waals surface area (Å²) in [6, 6.07) is 18.5. The van der Waals surface area contributed by atoms with Crippen LogP contribution in [0.25, 0.3) is 10.8 Å². The van der Waals surface area contributed by atoms with E-state index in [0.29, 0.717) is 24.6 Å². The van der Waals surface area contributed by atoms with Gasteiger partial charge < -0.3 is 10.2 Å². The van der Waals surface area contributed by atoms with E-state index in [4.69, 9.17) is 0 Å². The molecule has 34 heavy (non-hydrogen) atoms. The molecule has 0 spiro atoms. The summed E-state index contributed by atoms with van der Waals surface area (Å²) in [5.41, 5.74) is 3.36. The van der Waals surface area contributed by atoms with Gasteiger partial charge in [-0.15, -0.1) is 0 Å². The standard InChI is InChI=1S/C28H31N3O3/c1-18(2)15-29-27(33)20(4)30(16-22-10-6-5-9-19(22)3)25(32)17-31-24-14-8-12-21-11-7-13-23(26(21)24)28(31)34/h5-14,18,20H,15-17H2,1-4H3,(H,29,33)/t20-/m0/s1. The van der Waals surface area contributed by atoms with Crippen molar-refractivity contribution < 1.29 is 14.4 Å². The van der Waals surface area contributed by atoms with Gasteiger partial charge in [-0.3, -0.25) is 19.3 Å². The van der Waals surface area contributed by atoms with E-state index in [2.05, 4.69) is 5.32 Å². The lowest BCUT2D eigenvalue weighted by Crippen LogP contribution is -2.51. The topological polar surface area (TPSA) is 69.7 Å². The third-order valence-corrected chi connectivity index (χ3v) is 6.40. The molecule has 1 heterocycles. The highest BCUT2D eigenvalue weighted by Gasteiger charge is 2.34. The van der Waals surface area contributed by atoms with Crippen molar-refractivity contribution in [1.82, 2.24) is 10.2 Å². The number of amides is 3. The molecule has 0 saturated heterocycles. The highest BCUT2D eigenvalue weighted by Crippen LogP contribution is 2.37. The molecule has 176 valence electrons. The van der Waals surface area contributed by atoms with Crippen LogP contribution in [0.15, 0.2) is 60.7 Å². The molecule has 0 aliphatic carbocycles. The second kappa shape index (κ2) is 9.67. The van der Waals surface area contributed by atoms with E-state index in [1.54, 1.807) is 17.9 Å². The third-order valence-electron chi connectivity index (χ3n) is 6.40. The summed E-state index contributed by atoms with van der Waals surface area (Å²) in [6.07, 6.45) is 0. The number of nitrogens with zero attached hydrogens (tertiary/aromatic N) is 2. The first-order chi connectivity index (χ1) is 16.3. The highest BCUT2D eigenvalue weighted by atomic mass is 16.2. The molecule has 3 amide bonds. The SMILES string of the molecule is Cc1ccccc1CN(C(=O)CN1C(=O)c2cccc3cccc1c23)[C@@H](C)C(=O)NCC(C)C. The lowest BCUT2D eigenvalue weighted by atomic mass is 10.1. The van der Waals surface area contributed by atoms with Gasteiger partial charge in [0.05, 0.1) is 5.69 Å². The number of benzene rings is 3. The molecule has 0 unspecified atom stereocenters. The normalized spacial score (nSPS) is 13.4. The summed E-state index contributed by atoms with van der Waals surface area (Å²) in [5.74, 6) is -0.354. The summed E-state index contributed by atoms with van der Waals surface area (Å²) in [5, 5.41) is 4.78. The molecule has 0 saturated carbocycles. The fourth-order valence-corrected chi connectivity index (χ4v) is 4.37. The Morgan fingerprint density at radius 1 is 0.971 bits per heavy atom. The van der Waals surface area contributed by atoms with Crippen molar-refractivity contribution in [3.05, 3.63) is 77.4 Å². The fourth-order valence-electron chi connectivity index (χ4n) is 4.37. The Kier molecular flexibility index (Phi) is 6.68. The molecular weight excluding hydrogens is 426 g/mol. The maximum absolute atomic E-state index is 13.7. The van der Waals surface area contributed by atoms with Crippen molar-refractivity contribution in [2.24, 2.45) is 5.92 Å². The van der Waals surface area contributed by atoms with E-state index < -0.39 is 6.04 Å². The maximum Gasteiger partial charge on any atom is 0.259 e. The van der Waals surface area contributed by atoms with Crippen LogP contribution in [0.3, 0.4) is 0 Å². The lowest BCUT2D eigenvalue weighted by molar-refractivity contribution is -0.139. The van der Waals surface area contributed by atoms with Gasteiger partial charge in [0.15, 0.2) is 0 Å². The Balaban J connectivity index is 1.62. The number of aryl methyl sites for hydroxylation is 1. The van der Waals surface area contributed by atoms with Crippen molar-refractivity contribution in [1.29, 1.82) is 0 Å². The zero-order valence-corrected chi connectivity index (χ0v) is 20.2. The van der Waals surface area contributed by atoms with E-state index in [0.717, 1.165) is 27.6 Å². The van der Waals surface area contributed by atoms with Crippen LogP contribution < -0.4 is 10.2 Å². The minimum atomic E-state index is -0.679. The largest absolute Gasteiger partial charge is 0.354 e. The van der Waals surface area contributed by atoms with E-state index in [-0.39, 0.29) is 24.3 Å². The number of rotatable bonds is 8. The molecule has 0 bridgehead atoms. The minimum Gasteiger partial charge on any atom is -0.354 e. The first-order valence-electron chi connectivity index (χ1n) is 11.7. The van der Waals surface area contributed by atoms with E-state index >= 15 is 0 Å². The monoisotopic (exact) mass is 457 g/mol. The predicted octanol–water partition coefficient (Wildman–Crippen LogP) is 4.30. The molecule has 0 fully saturated rings. The Morgan fingerprint density at radius 2 is 1.68 bits per heavy atom. The van der Waals surface area contributed by atoms with Gasteiger partial charge in [0.1, 0.15) is 12.6 Å². The molecule has 0 aromatic heterocycles. The minimum absolute atomic E-state index is 0.125. The van der Waals surface area contributed by atoms with Crippen LogP contribution in [0.4, 0.5) is 5.69 Å². The molecule has 3 aromatic carbocycles. The second-order valence-electron chi connectivity index (χ2n) is 9.34. The molecule has 1 N–H and O–H groups in total. The lowest BCUT2D eigenvalue weighted by Gasteiger charge is -2.31. The van der Waals surface area contributed by atoms with E-state index in [9.17, 15) is 14.4 Å². The summed E-state index contributed by atoms with van der Waals surface area (Å²) >= 11 is 0. The fraction of sp³-hybridized carbons (Fsp3) is 0.321. The van der Waals surface area contributed by atoms with Crippen molar-refractivity contribution in [2.45, 2.75) is 40.3 Å². The smallest absolute Gasteiger partial charge is 0.259 e. The number of hydrogen-bond acceptors (Lipinski definition) is 3. The molecule has 0 radical (unpaired) electrons. The molecular formula is C28H31N3O3. The van der Waals surface area contributed by atoms with Gasteiger partial charge in [-0.2, -0.15) is 0 Å². The van der Waals surface area contributed by atoms with Crippen LogP contribution in [0, 0.1) is 12.8 Å².